The maximum absolute atomic E-state index is 6.29. The molecule has 0 saturated carbocycles. The normalized spacial score (nSPS) is 15.1. The van der Waals surface area contributed by atoms with Gasteiger partial charge in [0.05, 0.1) is 19.9 Å². The Morgan fingerprint density at radius 2 is 1.69 bits per heavy atom. The molecular weight excluding hydrogens is 364 g/mol. The van der Waals surface area contributed by atoms with E-state index in [1.54, 1.807) is 14.2 Å². The monoisotopic (exact) mass is 394 g/mol. The Kier molecular flexibility index (Phi) is 5.67. The molecule has 154 valence electrons. The smallest absolute Gasteiger partial charge is 0.161 e. The molecule has 1 aromatic heterocycles. The second kappa shape index (κ2) is 8.37. The van der Waals surface area contributed by atoms with Crippen LogP contribution in [-0.4, -0.2) is 38.4 Å². The highest BCUT2D eigenvalue weighted by Gasteiger charge is 2.19. The van der Waals surface area contributed by atoms with E-state index in [1.807, 2.05) is 12.1 Å². The molecule has 3 aromatic rings. The Bertz CT molecular complexity index is 987. The van der Waals surface area contributed by atoms with Crippen LogP contribution in [0.1, 0.15) is 38.2 Å². The van der Waals surface area contributed by atoms with E-state index in [4.69, 9.17) is 14.2 Å². The molecule has 0 radical (unpaired) electrons. The minimum Gasteiger partial charge on any atom is -0.493 e. The summed E-state index contributed by atoms with van der Waals surface area (Å²) in [6.07, 6.45) is 2.40. The number of H-pyrrole nitrogens is 1. The van der Waals surface area contributed by atoms with Gasteiger partial charge < -0.3 is 24.5 Å². The first-order chi connectivity index (χ1) is 14.1. The van der Waals surface area contributed by atoms with Gasteiger partial charge in [0.2, 0.25) is 0 Å². The number of nitrogens with one attached hydrogen (secondary N) is 2. The predicted octanol–water partition coefficient (Wildman–Crippen LogP) is 5.11. The fraction of sp³-hybridized carbons (Fsp3) is 0.417. The van der Waals surface area contributed by atoms with Gasteiger partial charge in [-0.2, -0.15) is 0 Å². The second-order valence-corrected chi connectivity index (χ2v) is 7.91. The van der Waals surface area contributed by atoms with Crippen LogP contribution in [-0.2, 0) is 0 Å². The van der Waals surface area contributed by atoms with Gasteiger partial charge >= 0.3 is 0 Å². The summed E-state index contributed by atoms with van der Waals surface area (Å²) in [5.74, 6) is 2.77. The molecule has 5 heteroatoms. The molecule has 4 rings (SSSR count). The molecule has 1 aliphatic heterocycles. The molecular formula is C24H30N2O3. The highest BCUT2D eigenvalue weighted by molar-refractivity contribution is 5.92. The number of aromatic amines is 1. The quantitative estimate of drug-likeness (QED) is 0.610. The van der Waals surface area contributed by atoms with Crippen LogP contribution in [0.15, 0.2) is 36.4 Å². The summed E-state index contributed by atoms with van der Waals surface area (Å²) in [4.78, 5) is 3.62. The van der Waals surface area contributed by atoms with Crippen LogP contribution in [0.25, 0.3) is 22.2 Å². The molecule has 0 bridgehead atoms. The summed E-state index contributed by atoms with van der Waals surface area (Å²) in [6, 6.07) is 12.4. The van der Waals surface area contributed by atoms with Gasteiger partial charge in [-0.1, -0.05) is 13.8 Å². The molecule has 1 aliphatic rings. The summed E-state index contributed by atoms with van der Waals surface area (Å²) < 4.78 is 17.2. The number of hydrogen-bond acceptors (Lipinski definition) is 4. The molecule has 1 fully saturated rings. The molecule has 0 unspecified atom stereocenters. The third-order valence-electron chi connectivity index (χ3n) is 5.65. The van der Waals surface area contributed by atoms with Crippen LogP contribution < -0.4 is 19.5 Å². The average Bonchev–Trinajstić information content (AvgIpc) is 3.13. The van der Waals surface area contributed by atoms with Crippen molar-refractivity contribution < 1.29 is 14.2 Å². The number of aromatic nitrogens is 1. The molecule has 0 atom stereocenters. The fourth-order valence-corrected chi connectivity index (χ4v) is 4.19. The van der Waals surface area contributed by atoms with Gasteiger partial charge in [0.15, 0.2) is 11.5 Å². The van der Waals surface area contributed by atoms with Crippen molar-refractivity contribution >= 4 is 10.9 Å². The van der Waals surface area contributed by atoms with Crippen molar-refractivity contribution in [2.45, 2.75) is 38.7 Å². The van der Waals surface area contributed by atoms with Crippen LogP contribution >= 0.6 is 0 Å². The Labute approximate surface area is 172 Å². The number of hydrogen-bond donors (Lipinski definition) is 2. The third-order valence-corrected chi connectivity index (χ3v) is 5.65. The minimum atomic E-state index is 0.292. The molecule has 29 heavy (non-hydrogen) atoms. The van der Waals surface area contributed by atoms with E-state index in [9.17, 15) is 0 Å². The van der Waals surface area contributed by atoms with Crippen molar-refractivity contribution in [3.63, 3.8) is 0 Å². The zero-order valence-corrected chi connectivity index (χ0v) is 17.7. The van der Waals surface area contributed by atoms with E-state index in [0.717, 1.165) is 60.0 Å². The topological polar surface area (TPSA) is 55.5 Å². The molecule has 5 nitrogen and oxygen atoms in total. The van der Waals surface area contributed by atoms with Gasteiger partial charge in [0.1, 0.15) is 11.9 Å². The number of fused-ring (bicyclic) bond motifs is 1. The summed E-state index contributed by atoms with van der Waals surface area (Å²) in [5, 5.41) is 4.61. The van der Waals surface area contributed by atoms with Crippen molar-refractivity contribution in [1.82, 2.24) is 10.3 Å². The van der Waals surface area contributed by atoms with Gasteiger partial charge in [0, 0.05) is 16.5 Å². The summed E-state index contributed by atoms with van der Waals surface area (Å²) in [6.45, 7) is 6.51. The zero-order chi connectivity index (χ0) is 20.4. The van der Waals surface area contributed by atoms with Gasteiger partial charge in [-0.3, -0.25) is 0 Å². The largest absolute Gasteiger partial charge is 0.493 e. The molecule has 0 aliphatic carbocycles. The van der Waals surface area contributed by atoms with E-state index >= 15 is 0 Å². The first-order valence-electron chi connectivity index (χ1n) is 10.4. The molecule has 1 saturated heterocycles. The van der Waals surface area contributed by atoms with Gasteiger partial charge in [-0.05, 0) is 73.8 Å². The first-order valence-corrected chi connectivity index (χ1v) is 10.4. The van der Waals surface area contributed by atoms with Crippen molar-refractivity contribution in [2.24, 2.45) is 0 Å². The Balaban J connectivity index is 1.75. The van der Waals surface area contributed by atoms with Crippen molar-refractivity contribution in [3.8, 4) is 28.5 Å². The molecule has 2 heterocycles. The van der Waals surface area contributed by atoms with Crippen molar-refractivity contribution in [2.75, 3.05) is 27.3 Å². The Morgan fingerprint density at radius 3 is 2.38 bits per heavy atom. The van der Waals surface area contributed by atoms with Crippen LogP contribution in [0, 0.1) is 0 Å². The maximum atomic E-state index is 6.29. The summed E-state index contributed by atoms with van der Waals surface area (Å²) in [7, 11) is 3.32. The highest BCUT2D eigenvalue weighted by Crippen LogP contribution is 2.40. The Hall–Kier alpha value is -2.66. The first kappa shape index (κ1) is 19.6. The number of methoxy groups -OCH3 is 2. The molecule has 0 amide bonds. The van der Waals surface area contributed by atoms with Crippen molar-refractivity contribution in [1.29, 1.82) is 0 Å². The number of piperidine rings is 1. The second-order valence-electron chi connectivity index (χ2n) is 7.91. The standard InChI is InChI=1S/C24H30N2O3/c1-15(2)23-19-14-18(29-17-9-11-25-12-10-17)6-7-20(19)26-24(23)16-5-8-21(27-3)22(13-16)28-4/h5-8,13-15,17,25-26H,9-12H2,1-4H3. The van der Waals surface area contributed by atoms with Crippen LogP contribution in [0.4, 0.5) is 0 Å². The lowest BCUT2D eigenvalue weighted by molar-refractivity contribution is 0.162. The van der Waals surface area contributed by atoms with Crippen LogP contribution in [0.2, 0.25) is 0 Å². The van der Waals surface area contributed by atoms with E-state index in [-0.39, 0.29) is 0 Å². The van der Waals surface area contributed by atoms with Gasteiger partial charge in [-0.15, -0.1) is 0 Å². The van der Waals surface area contributed by atoms with E-state index < -0.39 is 0 Å². The van der Waals surface area contributed by atoms with E-state index in [1.165, 1.54) is 10.9 Å². The SMILES string of the molecule is COc1ccc(-c2[nH]c3ccc(OC4CCNCC4)cc3c2C(C)C)cc1OC. The lowest BCUT2D eigenvalue weighted by Gasteiger charge is -2.23. The lowest BCUT2D eigenvalue weighted by atomic mass is 9.96. The number of benzene rings is 2. The van der Waals surface area contributed by atoms with Gasteiger partial charge in [0.25, 0.3) is 0 Å². The number of ether oxygens (including phenoxy) is 3. The number of rotatable bonds is 6. The maximum Gasteiger partial charge on any atom is 0.161 e. The van der Waals surface area contributed by atoms with Crippen molar-refractivity contribution in [3.05, 3.63) is 42.0 Å². The molecule has 2 N–H and O–H groups in total. The van der Waals surface area contributed by atoms with E-state index in [0.29, 0.717) is 12.0 Å². The van der Waals surface area contributed by atoms with E-state index in [2.05, 4.69) is 48.4 Å². The summed E-state index contributed by atoms with van der Waals surface area (Å²) in [5.41, 5.74) is 4.62. The van der Waals surface area contributed by atoms with Crippen LogP contribution in [0.5, 0.6) is 17.2 Å². The molecule has 2 aromatic carbocycles. The van der Waals surface area contributed by atoms with Crippen LogP contribution in [0.3, 0.4) is 0 Å². The zero-order valence-electron chi connectivity index (χ0n) is 17.7. The Morgan fingerprint density at radius 1 is 0.931 bits per heavy atom. The fourth-order valence-electron chi connectivity index (χ4n) is 4.19. The lowest BCUT2D eigenvalue weighted by Crippen LogP contribution is -2.34. The highest BCUT2D eigenvalue weighted by atomic mass is 16.5. The molecule has 0 spiro atoms. The third kappa shape index (κ3) is 3.92. The minimum absolute atomic E-state index is 0.292. The van der Waals surface area contributed by atoms with Gasteiger partial charge in [-0.25, -0.2) is 0 Å². The average molecular weight is 395 g/mol. The summed E-state index contributed by atoms with van der Waals surface area (Å²) >= 11 is 0. The predicted molar refractivity (Wildman–Crippen MR) is 117 cm³/mol.